The van der Waals surface area contributed by atoms with Crippen molar-refractivity contribution in [2.24, 2.45) is 11.8 Å². The first-order valence-corrected chi connectivity index (χ1v) is 5.23. The summed E-state index contributed by atoms with van der Waals surface area (Å²) in [6.07, 6.45) is 0. The number of nitrogens with zero attached hydrogens (tertiary/aromatic N) is 2. The predicted molar refractivity (Wildman–Crippen MR) is 60.3 cm³/mol. The molecule has 0 aromatic heterocycles. The van der Waals surface area contributed by atoms with Crippen LogP contribution >= 0.6 is 0 Å². The van der Waals surface area contributed by atoms with Crippen molar-refractivity contribution in [3.05, 3.63) is 0 Å². The average molecular weight is 200 g/mol. The first-order valence-electron chi connectivity index (χ1n) is 5.23. The minimum Gasteiger partial charge on any atom is -0.331 e. The van der Waals surface area contributed by atoms with Crippen LogP contribution in [-0.2, 0) is 0 Å². The van der Waals surface area contributed by atoms with Crippen molar-refractivity contribution in [1.29, 1.82) is 0 Å². The maximum Gasteiger partial charge on any atom is 0.319 e. The summed E-state index contributed by atoms with van der Waals surface area (Å²) in [6, 6.07) is 0.391. The molecule has 0 saturated heterocycles. The third-order valence-corrected chi connectivity index (χ3v) is 2.50. The van der Waals surface area contributed by atoms with Gasteiger partial charge in [0.25, 0.3) is 0 Å². The van der Waals surface area contributed by atoms with E-state index >= 15 is 0 Å². The topological polar surface area (TPSA) is 23.6 Å². The van der Waals surface area contributed by atoms with Crippen LogP contribution in [0.5, 0.6) is 0 Å². The molecule has 0 saturated carbocycles. The first-order chi connectivity index (χ1) is 6.29. The van der Waals surface area contributed by atoms with Crippen LogP contribution in [0.1, 0.15) is 27.7 Å². The van der Waals surface area contributed by atoms with Crippen molar-refractivity contribution in [2.75, 3.05) is 21.1 Å². The molecule has 2 amide bonds. The van der Waals surface area contributed by atoms with E-state index in [1.54, 1.807) is 19.0 Å². The Labute approximate surface area is 88.1 Å². The molecule has 14 heavy (non-hydrogen) atoms. The second-order valence-electron chi connectivity index (χ2n) is 4.77. The van der Waals surface area contributed by atoms with Crippen molar-refractivity contribution < 1.29 is 4.79 Å². The molecule has 3 heteroatoms. The standard InChI is InChI=1S/C11H24N2O/c1-8(2)10(9(3)4)13(7)11(14)12(5)6/h8-10H,1-7H3. The highest BCUT2D eigenvalue weighted by atomic mass is 16.2. The van der Waals surface area contributed by atoms with E-state index in [0.717, 1.165) is 0 Å². The normalized spacial score (nSPS) is 11.3. The Morgan fingerprint density at radius 3 is 1.50 bits per heavy atom. The van der Waals surface area contributed by atoms with Crippen LogP contribution in [0.3, 0.4) is 0 Å². The summed E-state index contributed by atoms with van der Waals surface area (Å²) in [4.78, 5) is 15.2. The predicted octanol–water partition coefficient (Wildman–Crippen LogP) is 2.28. The van der Waals surface area contributed by atoms with E-state index in [1.165, 1.54) is 0 Å². The summed E-state index contributed by atoms with van der Waals surface area (Å²) < 4.78 is 0. The zero-order valence-electron chi connectivity index (χ0n) is 10.5. The molecular weight excluding hydrogens is 176 g/mol. The van der Waals surface area contributed by atoms with E-state index in [-0.39, 0.29) is 6.03 Å². The van der Waals surface area contributed by atoms with E-state index in [1.807, 2.05) is 11.9 Å². The fourth-order valence-electron chi connectivity index (χ4n) is 2.11. The number of hydrogen-bond acceptors (Lipinski definition) is 1. The van der Waals surface area contributed by atoms with Gasteiger partial charge in [-0.1, -0.05) is 27.7 Å². The molecule has 0 N–H and O–H groups in total. The van der Waals surface area contributed by atoms with Crippen LogP contribution in [0.4, 0.5) is 4.79 Å². The summed E-state index contributed by atoms with van der Waals surface area (Å²) in [7, 11) is 5.46. The van der Waals surface area contributed by atoms with Gasteiger partial charge >= 0.3 is 6.03 Å². The monoisotopic (exact) mass is 200 g/mol. The number of rotatable bonds is 3. The van der Waals surface area contributed by atoms with Crippen LogP contribution in [0, 0.1) is 11.8 Å². The van der Waals surface area contributed by atoms with Gasteiger partial charge in [-0.15, -0.1) is 0 Å². The van der Waals surface area contributed by atoms with Gasteiger partial charge in [0.05, 0.1) is 0 Å². The van der Waals surface area contributed by atoms with Gasteiger partial charge in [-0.2, -0.15) is 0 Å². The zero-order chi connectivity index (χ0) is 11.5. The highest BCUT2D eigenvalue weighted by Crippen LogP contribution is 2.18. The summed E-state index contributed by atoms with van der Waals surface area (Å²) >= 11 is 0. The van der Waals surface area contributed by atoms with E-state index in [2.05, 4.69) is 27.7 Å². The van der Waals surface area contributed by atoms with Gasteiger partial charge < -0.3 is 9.80 Å². The molecule has 0 rings (SSSR count). The van der Waals surface area contributed by atoms with Gasteiger partial charge in [0.15, 0.2) is 0 Å². The lowest BCUT2D eigenvalue weighted by Gasteiger charge is -2.35. The van der Waals surface area contributed by atoms with Crippen LogP contribution in [0.2, 0.25) is 0 Å². The Morgan fingerprint density at radius 2 is 1.29 bits per heavy atom. The Bertz CT molecular complexity index is 180. The highest BCUT2D eigenvalue weighted by Gasteiger charge is 2.26. The maximum absolute atomic E-state index is 11.7. The van der Waals surface area contributed by atoms with Gasteiger partial charge in [0.2, 0.25) is 0 Å². The smallest absolute Gasteiger partial charge is 0.319 e. The van der Waals surface area contributed by atoms with E-state index in [4.69, 9.17) is 0 Å². The minimum absolute atomic E-state index is 0.0809. The molecule has 0 bridgehead atoms. The molecular formula is C11H24N2O. The van der Waals surface area contributed by atoms with Gasteiger partial charge in [-0.3, -0.25) is 0 Å². The number of carbonyl (C=O) groups is 1. The highest BCUT2D eigenvalue weighted by molar-refractivity contribution is 5.73. The molecule has 0 fully saturated rings. The lowest BCUT2D eigenvalue weighted by molar-refractivity contribution is 0.128. The first kappa shape index (κ1) is 13.3. The van der Waals surface area contributed by atoms with Gasteiger partial charge in [-0.05, 0) is 11.8 Å². The lowest BCUT2D eigenvalue weighted by Crippen LogP contribution is -2.47. The van der Waals surface area contributed by atoms with Gasteiger partial charge in [0, 0.05) is 27.2 Å². The Morgan fingerprint density at radius 1 is 0.929 bits per heavy atom. The Balaban J connectivity index is 4.60. The van der Waals surface area contributed by atoms with Crippen molar-refractivity contribution in [3.8, 4) is 0 Å². The molecule has 0 atom stereocenters. The van der Waals surface area contributed by atoms with Crippen molar-refractivity contribution in [2.45, 2.75) is 33.7 Å². The Hall–Kier alpha value is -0.730. The fourth-order valence-corrected chi connectivity index (χ4v) is 2.11. The van der Waals surface area contributed by atoms with E-state index in [9.17, 15) is 4.79 Å². The number of carbonyl (C=O) groups excluding carboxylic acids is 1. The van der Waals surface area contributed by atoms with Crippen molar-refractivity contribution >= 4 is 6.03 Å². The second kappa shape index (κ2) is 5.23. The second-order valence-corrected chi connectivity index (χ2v) is 4.77. The van der Waals surface area contributed by atoms with E-state index in [0.29, 0.717) is 17.9 Å². The molecule has 0 aliphatic heterocycles. The molecule has 84 valence electrons. The minimum atomic E-state index is 0.0809. The quantitative estimate of drug-likeness (QED) is 0.685. The molecule has 0 aliphatic rings. The Kier molecular flexibility index (Phi) is 4.95. The molecule has 3 nitrogen and oxygen atoms in total. The molecule has 0 aromatic rings. The van der Waals surface area contributed by atoms with Gasteiger partial charge in [0.1, 0.15) is 0 Å². The summed E-state index contributed by atoms with van der Waals surface area (Å²) in [6.45, 7) is 8.63. The lowest BCUT2D eigenvalue weighted by atomic mass is 9.92. The van der Waals surface area contributed by atoms with Crippen LogP contribution in [-0.4, -0.2) is 43.0 Å². The largest absolute Gasteiger partial charge is 0.331 e. The SMILES string of the molecule is CC(C)C(C(C)C)N(C)C(=O)N(C)C. The summed E-state index contributed by atoms with van der Waals surface area (Å²) in [5, 5.41) is 0. The number of amides is 2. The molecule has 0 heterocycles. The van der Waals surface area contributed by atoms with Crippen molar-refractivity contribution in [3.63, 3.8) is 0 Å². The molecule has 0 spiro atoms. The van der Waals surface area contributed by atoms with Crippen LogP contribution < -0.4 is 0 Å². The van der Waals surface area contributed by atoms with Crippen LogP contribution in [0.25, 0.3) is 0 Å². The number of hydrogen-bond donors (Lipinski definition) is 0. The number of urea groups is 1. The van der Waals surface area contributed by atoms with Crippen molar-refractivity contribution in [1.82, 2.24) is 9.80 Å². The average Bonchev–Trinajstić information content (AvgIpc) is 2.01. The van der Waals surface area contributed by atoms with E-state index < -0.39 is 0 Å². The summed E-state index contributed by atoms with van der Waals surface area (Å²) in [5.74, 6) is 0.979. The van der Waals surface area contributed by atoms with Gasteiger partial charge in [-0.25, -0.2) is 4.79 Å². The molecule has 0 aliphatic carbocycles. The zero-order valence-corrected chi connectivity index (χ0v) is 10.5. The maximum atomic E-state index is 11.7. The molecule has 0 radical (unpaired) electrons. The molecule has 0 aromatic carbocycles. The third kappa shape index (κ3) is 3.20. The van der Waals surface area contributed by atoms with Crippen LogP contribution in [0.15, 0.2) is 0 Å². The fraction of sp³-hybridized carbons (Fsp3) is 0.909. The summed E-state index contributed by atoms with van der Waals surface area (Å²) in [5.41, 5.74) is 0. The molecule has 0 unspecified atom stereocenters. The third-order valence-electron chi connectivity index (χ3n) is 2.50.